The number of rotatable bonds is 7. The van der Waals surface area contributed by atoms with Crippen molar-refractivity contribution in [3.05, 3.63) is 81.6 Å². The zero-order valence-corrected chi connectivity index (χ0v) is 15.7. The maximum absolute atomic E-state index is 12.5. The number of amides is 1. The molecule has 0 saturated carbocycles. The summed E-state index contributed by atoms with van der Waals surface area (Å²) >= 11 is 5.91. The minimum Gasteiger partial charge on any atom is -0.492 e. The van der Waals surface area contributed by atoms with Crippen LogP contribution in [0.15, 0.2) is 60.8 Å². The van der Waals surface area contributed by atoms with E-state index < -0.39 is 4.92 Å². The maximum atomic E-state index is 12.5. The average Bonchev–Trinajstić information content (AvgIpc) is 3.17. The monoisotopic (exact) mass is 400 g/mol. The molecule has 3 aromatic rings. The van der Waals surface area contributed by atoms with Crippen LogP contribution in [0.1, 0.15) is 10.5 Å². The molecule has 144 valence electrons. The molecular weight excluding hydrogens is 384 g/mol. The molecule has 1 amide bonds. The fourth-order valence-corrected chi connectivity index (χ4v) is 2.64. The van der Waals surface area contributed by atoms with Crippen LogP contribution in [0.2, 0.25) is 5.02 Å². The Bertz CT molecular complexity index is 988. The van der Waals surface area contributed by atoms with Gasteiger partial charge in [-0.05, 0) is 36.4 Å². The van der Waals surface area contributed by atoms with Crippen molar-refractivity contribution in [2.75, 3.05) is 20.2 Å². The molecular formula is C19H17ClN4O4. The summed E-state index contributed by atoms with van der Waals surface area (Å²) in [5.41, 5.74) is 0.881. The first kappa shape index (κ1) is 19.4. The highest BCUT2D eigenvalue weighted by molar-refractivity contribution is 6.30. The first-order valence-corrected chi connectivity index (χ1v) is 8.76. The summed E-state index contributed by atoms with van der Waals surface area (Å²) in [4.78, 5) is 24.3. The van der Waals surface area contributed by atoms with E-state index in [2.05, 4.69) is 5.10 Å². The Morgan fingerprint density at radius 1 is 1.25 bits per heavy atom. The van der Waals surface area contributed by atoms with E-state index in [9.17, 15) is 14.9 Å². The zero-order chi connectivity index (χ0) is 20.1. The number of aromatic nitrogens is 2. The van der Waals surface area contributed by atoms with E-state index in [1.54, 1.807) is 55.7 Å². The number of hydrogen-bond donors (Lipinski definition) is 0. The molecule has 0 aliphatic carbocycles. The van der Waals surface area contributed by atoms with E-state index in [1.807, 2.05) is 0 Å². The molecule has 8 nitrogen and oxygen atoms in total. The van der Waals surface area contributed by atoms with Crippen molar-refractivity contribution in [1.29, 1.82) is 0 Å². The van der Waals surface area contributed by atoms with Gasteiger partial charge < -0.3 is 9.64 Å². The number of benzene rings is 2. The van der Waals surface area contributed by atoms with Gasteiger partial charge in [0, 0.05) is 30.4 Å². The van der Waals surface area contributed by atoms with Crippen LogP contribution in [0.5, 0.6) is 5.75 Å². The number of halogens is 1. The molecule has 0 saturated heterocycles. The average molecular weight is 401 g/mol. The topological polar surface area (TPSA) is 90.5 Å². The molecule has 0 unspecified atom stereocenters. The number of nitro benzene ring substituents is 1. The van der Waals surface area contributed by atoms with Crippen LogP contribution in [0, 0.1) is 10.1 Å². The lowest BCUT2D eigenvalue weighted by atomic mass is 10.3. The Hall–Kier alpha value is -3.39. The molecule has 0 spiro atoms. The minimum atomic E-state index is -0.470. The molecule has 0 N–H and O–H groups in total. The van der Waals surface area contributed by atoms with E-state index in [0.717, 1.165) is 0 Å². The molecule has 28 heavy (non-hydrogen) atoms. The lowest BCUT2D eigenvalue weighted by Crippen LogP contribution is -2.31. The molecule has 0 aliphatic heterocycles. The summed E-state index contributed by atoms with van der Waals surface area (Å²) in [6.45, 7) is 0.682. The number of hydrogen-bond acceptors (Lipinski definition) is 5. The molecule has 1 heterocycles. The van der Waals surface area contributed by atoms with Gasteiger partial charge in [-0.2, -0.15) is 5.10 Å². The molecule has 0 fully saturated rings. The number of nitrogens with zero attached hydrogens (tertiary/aromatic N) is 4. The van der Waals surface area contributed by atoms with E-state index in [4.69, 9.17) is 16.3 Å². The molecule has 0 aliphatic rings. The summed E-state index contributed by atoms with van der Waals surface area (Å²) < 4.78 is 7.08. The Kier molecular flexibility index (Phi) is 5.90. The van der Waals surface area contributed by atoms with Crippen molar-refractivity contribution < 1.29 is 14.5 Å². The Balaban J connectivity index is 1.59. The standard InChI is InChI=1S/C19H17ClN4O4/c1-22(11-12-28-17-4-2-3-14(20)13-17)19(25)18-9-10-23(21-18)15-5-7-16(8-6-15)24(26)27/h2-10,13H,11-12H2,1H3. The second kappa shape index (κ2) is 8.53. The molecule has 1 aromatic heterocycles. The van der Waals surface area contributed by atoms with E-state index >= 15 is 0 Å². The third kappa shape index (κ3) is 4.66. The summed E-state index contributed by atoms with van der Waals surface area (Å²) in [5.74, 6) is 0.381. The van der Waals surface area contributed by atoms with Gasteiger partial charge >= 0.3 is 0 Å². The Morgan fingerprint density at radius 3 is 2.68 bits per heavy atom. The van der Waals surface area contributed by atoms with Crippen LogP contribution in [-0.4, -0.2) is 45.7 Å². The fraction of sp³-hybridized carbons (Fsp3) is 0.158. The van der Waals surface area contributed by atoms with Gasteiger partial charge in [-0.1, -0.05) is 17.7 Å². The third-order valence-electron chi connectivity index (χ3n) is 3.97. The Morgan fingerprint density at radius 2 is 2.00 bits per heavy atom. The zero-order valence-electron chi connectivity index (χ0n) is 15.0. The second-order valence-corrected chi connectivity index (χ2v) is 6.39. The summed E-state index contributed by atoms with van der Waals surface area (Å²) in [7, 11) is 1.66. The summed E-state index contributed by atoms with van der Waals surface area (Å²) in [6.07, 6.45) is 1.63. The quantitative estimate of drug-likeness (QED) is 0.446. The SMILES string of the molecule is CN(CCOc1cccc(Cl)c1)C(=O)c1ccn(-c2ccc([N+](=O)[O-])cc2)n1. The Labute approximate surface area is 166 Å². The van der Waals surface area contributed by atoms with Crippen molar-refractivity contribution >= 4 is 23.2 Å². The van der Waals surface area contributed by atoms with Gasteiger partial charge in [0.2, 0.25) is 0 Å². The molecule has 0 radical (unpaired) electrons. The van der Waals surface area contributed by atoms with Crippen LogP contribution < -0.4 is 4.74 Å². The highest BCUT2D eigenvalue weighted by Gasteiger charge is 2.15. The van der Waals surface area contributed by atoms with Crippen LogP contribution >= 0.6 is 11.6 Å². The minimum absolute atomic E-state index is 0.00774. The highest BCUT2D eigenvalue weighted by atomic mass is 35.5. The molecule has 2 aromatic carbocycles. The predicted octanol–water partition coefficient (Wildman–Crippen LogP) is 3.58. The van der Waals surface area contributed by atoms with Crippen LogP contribution in [-0.2, 0) is 0 Å². The molecule has 3 rings (SSSR count). The van der Waals surface area contributed by atoms with Crippen molar-refractivity contribution in [3.63, 3.8) is 0 Å². The summed E-state index contributed by atoms with van der Waals surface area (Å²) in [6, 6.07) is 14.6. The lowest BCUT2D eigenvalue weighted by Gasteiger charge is -2.16. The number of nitro groups is 1. The van der Waals surface area contributed by atoms with Gasteiger partial charge in [0.15, 0.2) is 5.69 Å². The van der Waals surface area contributed by atoms with Crippen molar-refractivity contribution in [3.8, 4) is 11.4 Å². The maximum Gasteiger partial charge on any atom is 0.274 e. The number of carbonyl (C=O) groups excluding carboxylic acids is 1. The van der Waals surface area contributed by atoms with Crippen LogP contribution in [0.3, 0.4) is 0 Å². The van der Waals surface area contributed by atoms with Crippen LogP contribution in [0.4, 0.5) is 5.69 Å². The van der Waals surface area contributed by atoms with Gasteiger partial charge in [-0.3, -0.25) is 14.9 Å². The summed E-state index contributed by atoms with van der Waals surface area (Å²) in [5, 5.41) is 15.6. The molecule has 0 bridgehead atoms. The van der Waals surface area contributed by atoms with Crippen molar-refractivity contribution in [2.24, 2.45) is 0 Å². The van der Waals surface area contributed by atoms with Gasteiger partial charge in [0.1, 0.15) is 12.4 Å². The van der Waals surface area contributed by atoms with E-state index in [1.165, 1.54) is 21.7 Å². The smallest absolute Gasteiger partial charge is 0.274 e. The number of ether oxygens (including phenoxy) is 1. The van der Waals surface area contributed by atoms with Crippen molar-refractivity contribution in [2.45, 2.75) is 0 Å². The molecule has 0 atom stereocenters. The van der Waals surface area contributed by atoms with Gasteiger partial charge in [0.05, 0.1) is 17.2 Å². The fourth-order valence-electron chi connectivity index (χ4n) is 2.46. The number of carbonyl (C=O) groups is 1. The van der Waals surface area contributed by atoms with Crippen molar-refractivity contribution in [1.82, 2.24) is 14.7 Å². The second-order valence-electron chi connectivity index (χ2n) is 5.95. The van der Waals surface area contributed by atoms with E-state index in [-0.39, 0.29) is 17.3 Å². The first-order valence-electron chi connectivity index (χ1n) is 8.38. The third-order valence-corrected chi connectivity index (χ3v) is 4.21. The van der Waals surface area contributed by atoms with Gasteiger partial charge in [-0.25, -0.2) is 4.68 Å². The van der Waals surface area contributed by atoms with Gasteiger partial charge in [-0.15, -0.1) is 0 Å². The number of non-ortho nitro benzene ring substituents is 1. The largest absolute Gasteiger partial charge is 0.492 e. The normalized spacial score (nSPS) is 10.5. The number of likely N-dealkylation sites (N-methyl/N-ethyl adjacent to an activating group) is 1. The van der Waals surface area contributed by atoms with Crippen LogP contribution in [0.25, 0.3) is 5.69 Å². The predicted molar refractivity (Wildman–Crippen MR) is 104 cm³/mol. The highest BCUT2D eigenvalue weighted by Crippen LogP contribution is 2.17. The van der Waals surface area contributed by atoms with E-state index in [0.29, 0.717) is 29.6 Å². The molecule has 9 heteroatoms. The first-order chi connectivity index (χ1) is 13.4. The van der Waals surface area contributed by atoms with Gasteiger partial charge in [0.25, 0.3) is 11.6 Å². The lowest BCUT2D eigenvalue weighted by molar-refractivity contribution is -0.384.